The molecule has 0 radical (unpaired) electrons. The second-order valence-corrected chi connectivity index (χ2v) is 8.63. The maximum atomic E-state index is 12.8. The highest BCUT2D eigenvalue weighted by Crippen LogP contribution is 2.22. The number of carbonyl (C=O) groups excluding carboxylic acids is 3. The number of benzene rings is 1. The number of hydrogen-bond donors (Lipinski definition) is 2. The van der Waals surface area contributed by atoms with Gasteiger partial charge in [-0.3, -0.25) is 14.4 Å². The van der Waals surface area contributed by atoms with E-state index in [9.17, 15) is 14.4 Å². The molecule has 2 atom stereocenters. The van der Waals surface area contributed by atoms with Gasteiger partial charge in [0, 0.05) is 19.5 Å². The van der Waals surface area contributed by atoms with Crippen molar-refractivity contribution in [2.75, 3.05) is 26.2 Å². The van der Waals surface area contributed by atoms with Gasteiger partial charge in [0.25, 0.3) is 0 Å². The minimum atomic E-state index is -0.746. The fraction of sp³-hybridized carbons (Fsp3) is 0.560. The molecular formula is C25H33N3O4. The third kappa shape index (κ3) is 7.38. The smallest absolute Gasteiger partial charge is 0.314 e. The molecule has 32 heavy (non-hydrogen) atoms. The third-order valence-electron chi connectivity index (χ3n) is 6.23. The van der Waals surface area contributed by atoms with E-state index in [1.165, 1.54) is 0 Å². The molecule has 2 aliphatic heterocycles. The summed E-state index contributed by atoms with van der Waals surface area (Å²) in [6.07, 6.45) is 10.6. The van der Waals surface area contributed by atoms with E-state index in [1.54, 1.807) is 24.3 Å². The van der Waals surface area contributed by atoms with Crippen LogP contribution >= 0.6 is 0 Å². The van der Waals surface area contributed by atoms with Gasteiger partial charge in [-0.05, 0) is 63.2 Å². The van der Waals surface area contributed by atoms with E-state index in [4.69, 9.17) is 11.2 Å². The Bertz CT molecular complexity index is 814. The fourth-order valence-electron chi connectivity index (χ4n) is 4.34. The van der Waals surface area contributed by atoms with Crippen LogP contribution in [0.5, 0.6) is 5.75 Å². The molecular weight excluding hydrogens is 406 g/mol. The number of nitrogens with one attached hydrogen (secondary N) is 2. The largest absolute Gasteiger partial charge is 0.426 e. The fourth-order valence-corrected chi connectivity index (χ4v) is 4.34. The molecule has 0 aliphatic carbocycles. The lowest BCUT2D eigenvalue weighted by atomic mass is 9.92. The van der Waals surface area contributed by atoms with E-state index in [-0.39, 0.29) is 24.2 Å². The van der Waals surface area contributed by atoms with Crippen molar-refractivity contribution in [3.05, 3.63) is 30.3 Å². The average molecular weight is 440 g/mol. The Balaban J connectivity index is 1.44. The molecule has 0 aromatic heterocycles. The second-order valence-electron chi connectivity index (χ2n) is 8.63. The molecule has 2 heterocycles. The predicted molar refractivity (Wildman–Crippen MR) is 122 cm³/mol. The van der Waals surface area contributed by atoms with Crippen LogP contribution in [0.25, 0.3) is 0 Å². The normalized spacial score (nSPS) is 20.1. The molecule has 7 heteroatoms. The van der Waals surface area contributed by atoms with Crippen LogP contribution in [0, 0.1) is 24.2 Å². The monoisotopic (exact) mass is 439 g/mol. The Hall–Kier alpha value is -2.85. The summed E-state index contributed by atoms with van der Waals surface area (Å²) in [5.74, 6) is 2.60. The summed E-state index contributed by atoms with van der Waals surface area (Å²) >= 11 is 0. The molecule has 0 saturated carbocycles. The zero-order valence-electron chi connectivity index (χ0n) is 18.6. The molecule has 2 aliphatic rings. The predicted octanol–water partition coefficient (Wildman–Crippen LogP) is 2.12. The van der Waals surface area contributed by atoms with E-state index < -0.39 is 12.0 Å². The first-order valence-electron chi connectivity index (χ1n) is 11.6. The lowest BCUT2D eigenvalue weighted by Gasteiger charge is -2.33. The Kier molecular flexibility index (Phi) is 9.12. The summed E-state index contributed by atoms with van der Waals surface area (Å²) in [5.41, 5.74) is 0. The number of hydrogen-bond acceptors (Lipinski definition) is 5. The highest BCUT2D eigenvalue weighted by molar-refractivity contribution is 5.83. The number of ether oxygens (including phenoxy) is 1. The molecule has 2 amide bonds. The molecule has 7 nitrogen and oxygen atoms in total. The molecule has 172 valence electrons. The number of para-hydroxylation sites is 1. The number of terminal acetylenes is 1. The first-order chi connectivity index (χ1) is 15.5. The van der Waals surface area contributed by atoms with Crippen LogP contribution in [0.4, 0.5) is 0 Å². The summed E-state index contributed by atoms with van der Waals surface area (Å²) in [4.78, 5) is 39.4. The second kappa shape index (κ2) is 12.3. The Morgan fingerprint density at radius 3 is 2.66 bits per heavy atom. The molecule has 3 rings (SSSR count). The van der Waals surface area contributed by atoms with Gasteiger partial charge < -0.3 is 20.3 Å². The van der Waals surface area contributed by atoms with Gasteiger partial charge in [-0.15, -0.1) is 6.42 Å². The summed E-state index contributed by atoms with van der Waals surface area (Å²) in [7, 11) is 0. The lowest BCUT2D eigenvalue weighted by molar-refractivity contribution is -0.136. The zero-order chi connectivity index (χ0) is 22.8. The van der Waals surface area contributed by atoms with Crippen molar-refractivity contribution in [3.8, 4) is 18.1 Å². The number of amides is 2. The number of piperidine rings is 2. The minimum Gasteiger partial charge on any atom is -0.426 e. The number of nitrogens with zero attached hydrogens (tertiary/aromatic N) is 1. The van der Waals surface area contributed by atoms with E-state index >= 15 is 0 Å². The number of likely N-dealkylation sites (tertiary alicyclic amines) is 1. The maximum Gasteiger partial charge on any atom is 0.314 e. The third-order valence-corrected chi connectivity index (χ3v) is 6.23. The van der Waals surface area contributed by atoms with Crippen LogP contribution < -0.4 is 15.4 Å². The van der Waals surface area contributed by atoms with Crippen LogP contribution in [-0.4, -0.2) is 54.9 Å². The molecule has 2 fully saturated rings. The van der Waals surface area contributed by atoms with Gasteiger partial charge in [0.1, 0.15) is 11.8 Å². The van der Waals surface area contributed by atoms with E-state index in [1.807, 2.05) is 11.0 Å². The minimum absolute atomic E-state index is 0.108. The number of rotatable bonds is 8. The Morgan fingerprint density at radius 2 is 1.94 bits per heavy atom. The van der Waals surface area contributed by atoms with Gasteiger partial charge >= 0.3 is 5.97 Å². The van der Waals surface area contributed by atoms with Crippen molar-refractivity contribution in [1.29, 1.82) is 0 Å². The van der Waals surface area contributed by atoms with E-state index in [0.29, 0.717) is 37.6 Å². The zero-order valence-corrected chi connectivity index (χ0v) is 18.6. The summed E-state index contributed by atoms with van der Waals surface area (Å²) < 4.78 is 5.26. The van der Waals surface area contributed by atoms with E-state index in [0.717, 1.165) is 38.8 Å². The van der Waals surface area contributed by atoms with Gasteiger partial charge in [-0.2, -0.15) is 0 Å². The number of carbonyl (C=O) groups is 3. The van der Waals surface area contributed by atoms with Crippen LogP contribution in [0.3, 0.4) is 0 Å². The van der Waals surface area contributed by atoms with Crippen molar-refractivity contribution < 1.29 is 19.1 Å². The van der Waals surface area contributed by atoms with Crippen LogP contribution in [0.2, 0.25) is 0 Å². The molecule has 0 bridgehead atoms. The molecule has 2 saturated heterocycles. The first-order valence-corrected chi connectivity index (χ1v) is 11.6. The molecule has 1 aromatic rings. The molecule has 1 aromatic carbocycles. The lowest BCUT2D eigenvalue weighted by Crippen LogP contribution is -2.48. The Labute approximate surface area is 190 Å². The highest BCUT2D eigenvalue weighted by atomic mass is 16.5. The molecule has 0 spiro atoms. The first kappa shape index (κ1) is 23.8. The van der Waals surface area contributed by atoms with Gasteiger partial charge in [-0.1, -0.05) is 24.1 Å². The van der Waals surface area contributed by atoms with Gasteiger partial charge in [0.2, 0.25) is 11.8 Å². The van der Waals surface area contributed by atoms with E-state index in [2.05, 4.69) is 16.6 Å². The van der Waals surface area contributed by atoms with Crippen LogP contribution in [-0.2, 0) is 14.4 Å². The van der Waals surface area contributed by atoms with Crippen molar-refractivity contribution in [2.24, 2.45) is 11.8 Å². The van der Waals surface area contributed by atoms with Crippen molar-refractivity contribution >= 4 is 17.8 Å². The standard InChI is InChI=1S/C25H33N3O4/c1-2-21(17-24(30)32-22-8-4-3-5-9-22)27-25(31)20-7-6-16-28(18-20)23(29)11-10-19-12-14-26-15-13-19/h1,3-5,8-9,19-21,26H,6-7,10-18H2,(H,27,31)/t20-,21?/m1/s1. The van der Waals surface area contributed by atoms with Gasteiger partial charge in [-0.25, -0.2) is 0 Å². The molecule has 1 unspecified atom stereocenters. The Morgan fingerprint density at radius 1 is 1.19 bits per heavy atom. The summed E-state index contributed by atoms with van der Waals surface area (Å²) in [6, 6.07) is 7.98. The van der Waals surface area contributed by atoms with Gasteiger partial charge in [0.05, 0.1) is 12.3 Å². The number of esters is 1. The SMILES string of the molecule is C#CC(CC(=O)Oc1ccccc1)NC(=O)[C@@H]1CCCN(C(=O)CCC2CCNCC2)C1. The summed E-state index contributed by atoms with van der Waals surface area (Å²) in [6.45, 7) is 3.15. The van der Waals surface area contributed by atoms with Crippen molar-refractivity contribution in [2.45, 2.75) is 51.0 Å². The topological polar surface area (TPSA) is 87.7 Å². The van der Waals surface area contributed by atoms with Gasteiger partial charge in [0.15, 0.2) is 0 Å². The quantitative estimate of drug-likeness (QED) is 0.368. The summed E-state index contributed by atoms with van der Waals surface area (Å²) in [5, 5.41) is 6.12. The van der Waals surface area contributed by atoms with Crippen LogP contribution in [0.15, 0.2) is 30.3 Å². The highest BCUT2D eigenvalue weighted by Gasteiger charge is 2.30. The average Bonchev–Trinajstić information content (AvgIpc) is 2.83. The molecule has 2 N–H and O–H groups in total. The van der Waals surface area contributed by atoms with Crippen molar-refractivity contribution in [1.82, 2.24) is 15.5 Å². The van der Waals surface area contributed by atoms with Crippen molar-refractivity contribution in [3.63, 3.8) is 0 Å². The van der Waals surface area contributed by atoms with Crippen LogP contribution in [0.1, 0.15) is 44.9 Å². The maximum absolute atomic E-state index is 12.8.